The van der Waals surface area contributed by atoms with E-state index in [9.17, 15) is 89.8 Å². The van der Waals surface area contributed by atoms with Gasteiger partial charge in [-0.2, -0.15) is 61.3 Å². The number of rotatable bonds is 11. The Bertz CT molecular complexity index is 2590. The Labute approximate surface area is 380 Å². The van der Waals surface area contributed by atoms with Crippen LogP contribution in [0.15, 0.2) is 107 Å². The predicted molar refractivity (Wildman–Crippen MR) is 217 cm³/mol. The van der Waals surface area contributed by atoms with Crippen LogP contribution < -0.4 is 5.73 Å². The van der Waals surface area contributed by atoms with Crippen LogP contribution in [0.25, 0.3) is 0 Å². The van der Waals surface area contributed by atoms with Gasteiger partial charge in [0.05, 0.1) is 14.7 Å². The second kappa shape index (κ2) is 19.7. The zero-order chi connectivity index (χ0) is 50.9. The first-order chi connectivity index (χ1) is 31.2. The fourth-order valence-corrected chi connectivity index (χ4v) is 10.1. The highest BCUT2D eigenvalue weighted by molar-refractivity contribution is 7.89. The van der Waals surface area contributed by atoms with Crippen molar-refractivity contribution in [2.75, 3.05) is 58.1 Å². The van der Waals surface area contributed by atoms with Crippen molar-refractivity contribution >= 4 is 31.4 Å². The fraction of sp³-hybridized carbons (Fsp3) is 0.400. The Morgan fingerprint density at radius 1 is 0.515 bits per heavy atom. The summed E-state index contributed by atoms with van der Waals surface area (Å²) in [6, 6.07) is 17.0. The first-order valence-corrected chi connectivity index (χ1v) is 22.6. The van der Waals surface area contributed by atoms with E-state index in [-0.39, 0.29) is 67.8 Å². The number of halogens is 12. The van der Waals surface area contributed by atoms with E-state index in [0.717, 1.165) is 40.7 Å². The largest absolute Gasteiger partial charge is 0.430 e. The number of alkyl halides is 12. The third-order valence-corrected chi connectivity index (χ3v) is 14.8. The summed E-state index contributed by atoms with van der Waals surface area (Å²) in [6.45, 7) is 1.64. The number of piperazine rings is 2. The molecule has 0 spiro atoms. The van der Waals surface area contributed by atoms with Crippen LogP contribution in [0.1, 0.15) is 22.3 Å². The summed E-state index contributed by atoms with van der Waals surface area (Å²) < 4.78 is 210. The van der Waals surface area contributed by atoms with Crippen LogP contribution >= 0.6 is 0 Å². The Morgan fingerprint density at radius 3 is 1.15 bits per heavy atom. The molecule has 4 aromatic rings. The van der Waals surface area contributed by atoms with Crippen molar-refractivity contribution in [3.63, 3.8) is 0 Å². The topological polar surface area (TPSA) is 191 Å². The van der Waals surface area contributed by atoms with E-state index in [0.29, 0.717) is 54.2 Å². The molecular formula is C40H40F12N6O8S2. The average molecular weight is 1020 g/mol. The molecule has 28 heteroatoms. The van der Waals surface area contributed by atoms with Gasteiger partial charge in [0, 0.05) is 94.4 Å². The van der Waals surface area contributed by atoms with E-state index in [1.54, 1.807) is 11.0 Å². The Hall–Kier alpha value is -5.10. The number of nitrogen functional groups attached to an aromatic ring is 1. The van der Waals surface area contributed by atoms with Crippen LogP contribution in [0.4, 0.5) is 64.1 Å². The summed E-state index contributed by atoms with van der Waals surface area (Å²) in [6.07, 6.45) is -23.8. The number of hydrogen-bond donors (Lipinski definition) is 3. The van der Waals surface area contributed by atoms with Crippen LogP contribution in [0.2, 0.25) is 0 Å². The number of nitrogens with two attached hydrogens (primary N) is 1. The van der Waals surface area contributed by atoms with Crippen LogP contribution in [0.3, 0.4) is 0 Å². The van der Waals surface area contributed by atoms with E-state index >= 15 is 0 Å². The number of sulfonamides is 2. The monoisotopic (exact) mass is 1020 g/mol. The lowest BCUT2D eigenvalue weighted by atomic mass is 9.91. The van der Waals surface area contributed by atoms with Crippen molar-refractivity contribution in [3.05, 3.63) is 129 Å². The number of hydrogen-bond acceptors (Lipinski definition) is 11. The molecule has 0 bridgehead atoms. The van der Waals surface area contributed by atoms with Crippen LogP contribution in [-0.4, -0.2) is 127 Å². The summed E-state index contributed by atoms with van der Waals surface area (Å²) in [5.74, 6) is 0. The highest BCUT2D eigenvalue weighted by Crippen LogP contribution is 2.51. The molecule has 0 atom stereocenters. The quantitative estimate of drug-likeness (QED) is 0.0644. The fourth-order valence-electron chi connectivity index (χ4n) is 7.18. The molecule has 2 heterocycles. The minimum absolute atomic E-state index is 0.0189. The number of benzene rings is 4. The lowest BCUT2D eigenvalue weighted by Gasteiger charge is -2.34. The molecule has 0 aliphatic carbocycles. The standard InChI is InChI=1S/C20H19F6N3O5S.C20H21F6N3O3S/c21-19(22,23)18(30,20(24,25)26)15-6-4-14(5-7-15)13-27-8-10-28(11-9-27)35(33,34)17-3-1-2-16(12-17)29(31)32;21-19(22,23)18(30,20(24,25)26)15-6-4-14(5-7-15)13-28-8-10-29(11-9-28)33(31,32)17-3-1-2-16(27)12-17/h1-7,12,30H,8-11,13H2;1-7,12,30H,8-11,13,27H2. The third kappa shape index (κ3) is 11.3. The van der Waals surface area contributed by atoms with Gasteiger partial charge in [0.15, 0.2) is 0 Å². The van der Waals surface area contributed by atoms with Crippen molar-refractivity contribution in [1.29, 1.82) is 0 Å². The van der Waals surface area contributed by atoms with Gasteiger partial charge in [-0.15, -0.1) is 0 Å². The van der Waals surface area contributed by atoms with Crippen LogP contribution in [0.5, 0.6) is 0 Å². The maximum atomic E-state index is 13.0. The van der Waals surface area contributed by atoms with Crippen molar-refractivity contribution in [3.8, 4) is 0 Å². The van der Waals surface area contributed by atoms with E-state index in [1.807, 2.05) is 4.90 Å². The van der Waals surface area contributed by atoms with Gasteiger partial charge in [-0.3, -0.25) is 19.9 Å². The molecule has 2 aliphatic rings. The van der Waals surface area contributed by atoms with Gasteiger partial charge >= 0.3 is 24.7 Å². The van der Waals surface area contributed by atoms with E-state index in [2.05, 4.69) is 0 Å². The number of nitro benzene ring substituents is 1. The molecule has 0 aromatic heterocycles. The van der Waals surface area contributed by atoms with Crippen LogP contribution in [0, 0.1) is 10.1 Å². The molecule has 0 radical (unpaired) electrons. The first-order valence-electron chi connectivity index (χ1n) is 19.7. The molecular weight excluding hydrogens is 985 g/mol. The van der Waals surface area contributed by atoms with Gasteiger partial charge < -0.3 is 15.9 Å². The normalized spacial score (nSPS) is 17.1. The van der Waals surface area contributed by atoms with Gasteiger partial charge in [-0.05, 0) is 35.4 Å². The highest BCUT2D eigenvalue weighted by atomic mass is 32.2. The number of aliphatic hydroxyl groups is 2. The predicted octanol–water partition coefficient (Wildman–Crippen LogP) is 6.50. The molecule has 14 nitrogen and oxygen atoms in total. The van der Waals surface area contributed by atoms with Gasteiger partial charge in [0.25, 0.3) is 16.9 Å². The van der Waals surface area contributed by atoms with E-state index in [1.165, 1.54) is 34.6 Å². The number of nitrogens with zero attached hydrogens (tertiary/aromatic N) is 5. The molecule has 0 unspecified atom stereocenters. The number of anilines is 1. The minimum Gasteiger partial charge on any atom is -0.399 e. The molecule has 68 heavy (non-hydrogen) atoms. The van der Waals surface area contributed by atoms with Crippen molar-refractivity contribution in [2.45, 2.75) is 58.8 Å². The van der Waals surface area contributed by atoms with Gasteiger partial charge in [0.1, 0.15) is 0 Å². The third-order valence-electron chi connectivity index (χ3n) is 11.0. The van der Waals surface area contributed by atoms with E-state index < -0.39 is 72.0 Å². The van der Waals surface area contributed by atoms with Gasteiger partial charge in [0.2, 0.25) is 20.0 Å². The lowest BCUT2D eigenvalue weighted by molar-refractivity contribution is -0.385. The second-order valence-electron chi connectivity index (χ2n) is 15.5. The Kier molecular flexibility index (Phi) is 15.6. The minimum atomic E-state index is -5.98. The highest BCUT2D eigenvalue weighted by Gasteiger charge is 2.72. The molecule has 4 aromatic carbocycles. The average Bonchev–Trinajstić information content (AvgIpc) is 3.25. The zero-order valence-corrected chi connectivity index (χ0v) is 36.5. The maximum Gasteiger partial charge on any atom is 0.430 e. The molecule has 0 saturated carbocycles. The van der Waals surface area contributed by atoms with Crippen molar-refractivity contribution < 1.29 is 84.7 Å². The SMILES string of the molecule is Nc1cccc(S(=O)(=O)N2CCN(Cc3ccc(C(O)(C(F)(F)F)C(F)(F)F)cc3)CC2)c1.O=[N+]([O-])c1cccc(S(=O)(=O)N2CCN(Cc3ccc(C(O)(C(F)(F)F)C(F)(F)F)cc3)CC2)c1. The summed E-state index contributed by atoms with van der Waals surface area (Å²) in [4.78, 5) is 13.6. The first kappa shape index (κ1) is 53.8. The van der Waals surface area contributed by atoms with Crippen LogP contribution in [-0.2, 0) is 44.3 Å². The van der Waals surface area contributed by atoms with E-state index in [4.69, 9.17) is 5.73 Å². The summed E-state index contributed by atoms with van der Waals surface area (Å²) in [7, 11) is -7.75. The molecule has 0 amide bonds. The molecule has 6 rings (SSSR count). The molecule has 4 N–H and O–H groups in total. The summed E-state index contributed by atoms with van der Waals surface area (Å²) in [5, 5.41) is 29.8. The molecule has 374 valence electrons. The zero-order valence-electron chi connectivity index (χ0n) is 34.8. The van der Waals surface area contributed by atoms with Crippen molar-refractivity contribution in [1.82, 2.24) is 18.4 Å². The summed E-state index contributed by atoms with van der Waals surface area (Å²) >= 11 is 0. The van der Waals surface area contributed by atoms with Crippen molar-refractivity contribution in [2.24, 2.45) is 0 Å². The molecule has 2 saturated heterocycles. The molecule has 2 fully saturated rings. The Balaban J connectivity index is 0.000000255. The summed E-state index contributed by atoms with van der Waals surface area (Å²) in [5.41, 5.74) is -6.33. The molecule has 2 aliphatic heterocycles. The van der Waals surface area contributed by atoms with Gasteiger partial charge in [-0.1, -0.05) is 60.7 Å². The maximum absolute atomic E-state index is 13.0. The second-order valence-corrected chi connectivity index (χ2v) is 19.4. The smallest absolute Gasteiger partial charge is 0.399 e. The number of non-ortho nitro benzene ring substituents is 1. The lowest BCUT2D eigenvalue weighted by Crippen LogP contribution is -2.53. The Morgan fingerprint density at radius 2 is 0.838 bits per heavy atom. The van der Waals surface area contributed by atoms with Gasteiger partial charge in [-0.25, -0.2) is 16.8 Å². The number of nitro groups is 1.